The van der Waals surface area contributed by atoms with E-state index < -0.39 is 10.8 Å². The second kappa shape index (κ2) is 7.29. The number of ether oxygens (including phenoxy) is 1. The second-order valence-corrected chi connectivity index (χ2v) is 11.0. The number of nitro groups is 1. The first-order valence-corrected chi connectivity index (χ1v) is 11.0. The number of carbonyl (C=O) groups excluding carboxylic acids is 2. The third-order valence-corrected chi connectivity index (χ3v) is 6.59. The van der Waals surface area contributed by atoms with Crippen molar-refractivity contribution in [3.05, 3.63) is 56.5 Å². The Kier molecular flexibility index (Phi) is 5.07. The molecule has 0 aromatic heterocycles. The molecule has 0 radical (unpaired) electrons. The van der Waals surface area contributed by atoms with Crippen molar-refractivity contribution in [1.82, 2.24) is 0 Å². The van der Waals surface area contributed by atoms with E-state index in [9.17, 15) is 19.7 Å². The van der Waals surface area contributed by atoms with Gasteiger partial charge in [-0.15, -0.1) is 0 Å². The van der Waals surface area contributed by atoms with Crippen molar-refractivity contribution in [2.24, 2.45) is 10.8 Å². The van der Waals surface area contributed by atoms with Gasteiger partial charge in [-0.2, -0.15) is 0 Å². The molecule has 7 heteroatoms. The summed E-state index contributed by atoms with van der Waals surface area (Å²) in [4.78, 5) is 39.7. The first-order valence-electron chi connectivity index (χ1n) is 11.0. The van der Waals surface area contributed by atoms with E-state index in [2.05, 4.69) is 0 Å². The number of nitrogens with zero attached hydrogens (tertiary/aromatic N) is 2. The van der Waals surface area contributed by atoms with Crippen molar-refractivity contribution >= 4 is 22.9 Å². The van der Waals surface area contributed by atoms with Crippen molar-refractivity contribution in [2.45, 2.75) is 59.3 Å². The van der Waals surface area contributed by atoms with Crippen LogP contribution in [-0.4, -0.2) is 30.6 Å². The molecule has 0 amide bonds. The highest BCUT2D eigenvalue weighted by molar-refractivity contribution is 6.06. The molecule has 32 heavy (non-hydrogen) atoms. The van der Waals surface area contributed by atoms with Crippen molar-refractivity contribution < 1.29 is 19.2 Å². The summed E-state index contributed by atoms with van der Waals surface area (Å²) < 4.78 is 6.27. The SMILES string of the molecule is CN(C)c1ccc(C2C3=C(CC(C)(C)CC3=O)OC3=C2C(=O)CC(C)(C)C3)cc1[N+](=O)[O-]. The fourth-order valence-electron chi connectivity index (χ4n) is 5.25. The molecule has 0 saturated carbocycles. The van der Waals surface area contributed by atoms with Crippen molar-refractivity contribution in [1.29, 1.82) is 0 Å². The molecule has 0 saturated heterocycles. The number of allylic oxidation sites excluding steroid dienone is 4. The predicted octanol–water partition coefficient (Wildman–Crippen LogP) is 5.06. The number of ketones is 2. The molecule has 0 N–H and O–H groups in total. The van der Waals surface area contributed by atoms with E-state index in [1.54, 1.807) is 31.1 Å². The molecule has 2 aliphatic carbocycles. The molecule has 1 aromatic carbocycles. The molecule has 7 nitrogen and oxygen atoms in total. The molecule has 1 aromatic rings. The number of benzene rings is 1. The van der Waals surface area contributed by atoms with E-state index in [0.717, 1.165) is 0 Å². The van der Waals surface area contributed by atoms with Gasteiger partial charge in [0.2, 0.25) is 0 Å². The Morgan fingerprint density at radius 3 is 1.88 bits per heavy atom. The maximum absolute atomic E-state index is 13.3. The zero-order chi connectivity index (χ0) is 23.6. The van der Waals surface area contributed by atoms with E-state index in [-0.39, 0.29) is 28.1 Å². The summed E-state index contributed by atoms with van der Waals surface area (Å²) in [6, 6.07) is 5.01. The monoisotopic (exact) mass is 438 g/mol. The van der Waals surface area contributed by atoms with Crippen LogP contribution in [0.1, 0.15) is 64.9 Å². The summed E-state index contributed by atoms with van der Waals surface area (Å²) >= 11 is 0. The lowest BCUT2D eigenvalue weighted by Gasteiger charge is -2.42. The number of Topliss-reactive ketones (excluding diaryl/α,β-unsaturated/α-hetero) is 2. The van der Waals surface area contributed by atoms with Gasteiger partial charge in [0.05, 0.1) is 4.92 Å². The van der Waals surface area contributed by atoms with Crippen molar-refractivity contribution in [2.75, 3.05) is 19.0 Å². The lowest BCUT2D eigenvalue weighted by Crippen LogP contribution is -2.37. The Labute approximate surface area is 188 Å². The highest BCUT2D eigenvalue weighted by atomic mass is 16.6. The van der Waals surface area contributed by atoms with E-state index in [0.29, 0.717) is 59.6 Å². The number of hydrogen-bond acceptors (Lipinski definition) is 6. The average molecular weight is 439 g/mol. The smallest absolute Gasteiger partial charge is 0.292 e. The summed E-state index contributed by atoms with van der Waals surface area (Å²) in [5, 5.41) is 11.8. The Morgan fingerprint density at radius 2 is 1.44 bits per heavy atom. The molecule has 170 valence electrons. The Hall–Kier alpha value is -2.96. The second-order valence-electron chi connectivity index (χ2n) is 11.0. The fourth-order valence-corrected chi connectivity index (χ4v) is 5.25. The minimum absolute atomic E-state index is 0.0459. The van der Waals surface area contributed by atoms with E-state index in [1.807, 2.05) is 27.7 Å². The van der Waals surface area contributed by atoms with E-state index in [4.69, 9.17) is 4.74 Å². The molecule has 1 aliphatic heterocycles. The van der Waals surface area contributed by atoms with Crippen molar-refractivity contribution in [3.8, 4) is 0 Å². The van der Waals surface area contributed by atoms with Crippen LogP contribution in [0.4, 0.5) is 11.4 Å². The number of hydrogen-bond donors (Lipinski definition) is 0. The summed E-state index contributed by atoms with van der Waals surface area (Å²) in [6.07, 6.45) is 1.89. The van der Waals surface area contributed by atoms with Crippen LogP contribution in [0.15, 0.2) is 40.9 Å². The van der Waals surface area contributed by atoms with Crippen LogP contribution in [0.2, 0.25) is 0 Å². The zero-order valence-electron chi connectivity index (χ0n) is 19.6. The maximum Gasteiger partial charge on any atom is 0.292 e. The summed E-state index contributed by atoms with van der Waals surface area (Å²) in [5.41, 5.74) is 1.51. The molecule has 4 rings (SSSR count). The van der Waals surface area contributed by atoms with Crippen LogP contribution in [-0.2, 0) is 14.3 Å². The first-order chi connectivity index (χ1) is 14.8. The van der Waals surface area contributed by atoms with Gasteiger partial charge in [-0.3, -0.25) is 19.7 Å². The largest absolute Gasteiger partial charge is 0.465 e. The molecular weight excluding hydrogens is 408 g/mol. The third-order valence-electron chi connectivity index (χ3n) is 6.59. The quantitative estimate of drug-likeness (QED) is 0.484. The Balaban J connectivity index is 1.95. The molecule has 0 unspecified atom stereocenters. The van der Waals surface area contributed by atoms with Crippen LogP contribution in [0.25, 0.3) is 0 Å². The normalized spacial score (nSPS) is 22.3. The van der Waals surface area contributed by atoms with Gasteiger partial charge in [-0.25, -0.2) is 0 Å². The predicted molar refractivity (Wildman–Crippen MR) is 121 cm³/mol. The van der Waals surface area contributed by atoms with E-state index in [1.165, 1.54) is 6.07 Å². The zero-order valence-corrected chi connectivity index (χ0v) is 19.6. The molecule has 0 fully saturated rings. The molecule has 1 heterocycles. The summed E-state index contributed by atoms with van der Waals surface area (Å²) in [5.74, 6) is 0.491. The van der Waals surface area contributed by atoms with Gasteiger partial charge < -0.3 is 9.64 Å². The molecular formula is C25H30N2O5. The standard InChI is InChI=1S/C25H30N2O5/c1-24(2)10-17(28)22-19(12-24)32-20-13-25(3,4)11-18(29)23(20)21(22)14-7-8-15(26(5)6)16(9-14)27(30)31/h7-9,21H,10-13H2,1-6H3. The lowest BCUT2D eigenvalue weighted by molar-refractivity contribution is -0.384. The molecule has 3 aliphatic rings. The molecule has 0 spiro atoms. The van der Waals surface area contributed by atoms with Crippen LogP contribution < -0.4 is 4.90 Å². The summed E-state index contributed by atoms with van der Waals surface area (Å²) in [6.45, 7) is 8.13. The Bertz CT molecular complexity index is 1060. The molecule has 0 bridgehead atoms. The number of nitro benzene ring substituents is 1. The fraction of sp³-hybridized carbons (Fsp3) is 0.520. The van der Waals surface area contributed by atoms with Gasteiger partial charge in [0.25, 0.3) is 5.69 Å². The van der Waals surface area contributed by atoms with Crippen molar-refractivity contribution in [3.63, 3.8) is 0 Å². The molecule has 0 atom stereocenters. The third kappa shape index (κ3) is 3.74. The highest BCUT2D eigenvalue weighted by Gasteiger charge is 2.48. The Morgan fingerprint density at radius 1 is 0.938 bits per heavy atom. The topological polar surface area (TPSA) is 89.8 Å². The van der Waals surface area contributed by atoms with Gasteiger partial charge in [-0.05, 0) is 22.5 Å². The van der Waals surface area contributed by atoms with Gasteiger partial charge in [-0.1, -0.05) is 33.8 Å². The minimum atomic E-state index is -0.629. The number of carbonyl (C=O) groups is 2. The maximum atomic E-state index is 13.3. The van der Waals surface area contributed by atoms with Crippen LogP contribution in [0, 0.1) is 20.9 Å². The van der Waals surface area contributed by atoms with Crippen LogP contribution >= 0.6 is 0 Å². The van der Waals surface area contributed by atoms with Crippen LogP contribution in [0.3, 0.4) is 0 Å². The van der Waals surface area contributed by atoms with Crippen LogP contribution in [0.5, 0.6) is 0 Å². The number of anilines is 1. The lowest BCUT2D eigenvalue weighted by atomic mass is 9.65. The van der Waals surface area contributed by atoms with E-state index >= 15 is 0 Å². The van der Waals surface area contributed by atoms with Gasteiger partial charge in [0.1, 0.15) is 17.2 Å². The highest BCUT2D eigenvalue weighted by Crippen LogP contribution is 2.53. The average Bonchev–Trinajstić information content (AvgIpc) is 2.63. The number of rotatable bonds is 3. The minimum Gasteiger partial charge on any atom is -0.465 e. The van der Waals surface area contributed by atoms with Gasteiger partial charge in [0.15, 0.2) is 11.6 Å². The van der Waals surface area contributed by atoms with Gasteiger partial charge in [0, 0.05) is 62.9 Å². The summed E-state index contributed by atoms with van der Waals surface area (Å²) in [7, 11) is 3.49. The first kappa shape index (κ1) is 22.2. The van der Waals surface area contributed by atoms with Gasteiger partial charge >= 0.3 is 0 Å².